The second-order valence-electron chi connectivity index (χ2n) is 5.50. The SMILES string of the molecule is CCC(NC(=O)c1ccccc1NC(=O)c1ccc(OC)cc1)C(=O)O. The number of hydrogen-bond acceptors (Lipinski definition) is 4. The quantitative estimate of drug-likeness (QED) is 0.707. The predicted molar refractivity (Wildman–Crippen MR) is 96.6 cm³/mol. The molecule has 0 aromatic heterocycles. The first-order valence-electron chi connectivity index (χ1n) is 8.04. The van der Waals surface area contributed by atoms with E-state index in [1.807, 2.05) is 0 Å². The van der Waals surface area contributed by atoms with Crippen molar-refractivity contribution in [2.75, 3.05) is 12.4 Å². The van der Waals surface area contributed by atoms with Crippen molar-refractivity contribution in [2.24, 2.45) is 0 Å². The standard InChI is InChI=1S/C19H20N2O5/c1-3-15(19(24)25)20-18(23)14-6-4-5-7-16(14)21-17(22)12-8-10-13(26-2)11-9-12/h4-11,15H,3H2,1-2H3,(H,20,23)(H,21,22)(H,24,25). The zero-order chi connectivity index (χ0) is 19.1. The maximum atomic E-state index is 12.4. The fourth-order valence-electron chi connectivity index (χ4n) is 2.30. The molecule has 3 N–H and O–H groups in total. The predicted octanol–water partition coefficient (Wildman–Crippen LogP) is 2.54. The van der Waals surface area contributed by atoms with Gasteiger partial charge in [0.05, 0.1) is 18.4 Å². The maximum Gasteiger partial charge on any atom is 0.326 e. The minimum Gasteiger partial charge on any atom is -0.497 e. The average Bonchev–Trinajstić information content (AvgIpc) is 2.66. The van der Waals surface area contributed by atoms with Crippen molar-refractivity contribution in [1.82, 2.24) is 5.32 Å². The largest absolute Gasteiger partial charge is 0.497 e. The molecule has 1 atom stereocenters. The van der Waals surface area contributed by atoms with Gasteiger partial charge in [-0.15, -0.1) is 0 Å². The highest BCUT2D eigenvalue weighted by molar-refractivity contribution is 6.09. The number of nitrogens with one attached hydrogen (secondary N) is 2. The molecule has 0 heterocycles. The Morgan fingerprint density at radius 1 is 1.04 bits per heavy atom. The van der Waals surface area contributed by atoms with E-state index in [1.54, 1.807) is 49.4 Å². The lowest BCUT2D eigenvalue weighted by atomic mass is 10.1. The van der Waals surface area contributed by atoms with Gasteiger partial charge in [-0.05, 0) is 42.8 Å². The Bertz CT molecular complexity index is 802. The van der Waals surface area contributed by atoms with Crippen LogP contribution in [0.25, 0.3) is 0 Å². The first-order chi connectivity index (χ1) is 12.5. The molecule has 26 heavy (non-hydrogen) atoms. The number of ether oxygens (including phenoxy) is 1. The van der Waals surface area contributed by atoms with Gasteiger partial charge in [-0.1, -0.05) is 19.1 Å². The molecular weight excluding hydrogens is 336 g/mol. The van der Waals surface area contributed by atoms with Gasteiger partial charge in [-0.3, -0.25) is 9.59 Å². The fraction of sp³-hybridized carbons (Fsp3) is 0.211. The Balaban J connectivity index is 2.18. The van der Waals surface area contributed by atoms with Crippen LogP contribution in [-0.2, 0) is 4.79 Å². The second-order valence-corrected chi connectivity index (χ2v) is 5.50. The van der Waals surface area contributed by atoms with E-state index in [9.17, 15) is 14.4 Å². The summed E-state index contributed by atoms with van der Waals surface area (Å²) in [5.41, 5.74) is 0.887. The van der Waals surface area contributed by atoms with E-state index in [2.05, 4.69) is 10.6 Å². The number of carboxylic acids is 1. The number of carbonyl (C=O) groups excluding carboxylic acids is 2. The van der Waals surface area contributed by atoms with Gasteiger partial charge in [0.25, 0.3) is 11.8 Å². The van der Waals surface area contributed by atoms with Crippen LogP contribution in [0.3, 0.4) is 0 Å². The highest BCUT2D eigenvalue weighted by atomic mass is 16.5. The molecule has 0 saturated carbocycles. The number of amides is 2. The molecule has 7 nitrogen and oxygen atoms in total. The molecule has 0 aliphatic heterocycles. The number of methoxy groups -OCH3 is 1. The van der Waals surface area contributed by atoms with Gasteiger partial charge in [0.15, 0.2) is 0 Å². The number of carboxylic acid groups (broad SMARTS) is 1. The van der Waals surface area contributed by atoms with E-state index >= 15 is 0 Å². The Kier molecular flexibility index (Phi) is 6.32. The average molecular weight is 356 g/mol. The van der Waals surface area contributed by atoms with Crippen LogP contribution in [-0.4, -0.2) is 36.0 Å². The maximum absolute atomic E-state index is 12.4. The van der Waals surface area contributed by atoms with Gasteiger partial charge in [-0.2, -0.15) is 0 Å². The van der Waals surface area contributed by atoms with Crippen LogP contribution in [0.15, 0.2) is 48.5 Å². The van der Waals surface area contributed by atoms with Crippen LogP contribution in [0.2, 0.25) is 0 Å². The summed E-state index contributed by atoms with van der Waals surface area (Å²) in [4.78, 5) is 35.9. The summed E-state index contributed by atoms with van der Waals surface area (Å²) in [7, 11) is 1.53. The normalized spacial score (nSPS) is 11.3. The molecule has 2 amide bonds. The molecule has 136 valence electrons. The molecular formula is C19H20N2O5. The number of rotatable bonds is 7. The van der Waals surface area contributed by atoms with Gasteiger partial charge >= 0.3 is 5.97 Å². The van der Waals surface area contributed by atoms with Crippen molar-refractivity contribution in [2.45, 2.75) is 19.4 Å². The Labute approximate surface area is 151 Å². The number of anilines is 1. The number of benzene rings is 2. The van der Waals surface area contributed by atoms with Crippen LogP contribution in [0.4, 0.5) is 5.69 Å². The monoisotopic (exact) mass is 356 g/mol. The zero-order valence-corrected chi connectivity index (χ0v) is 14.5. The number of para-hydroxylation sites is 1. The molecule has 2 rings (SSSR count). The van der Waals surface area contributed by atoms with E-state index < -0.39 is 23.8 Å². The summed E-state index contributed by atoms with van der Waals surface area (Å²) in [5, 5.41) is 14.2. The van der Waals surface area contributed by atoms with Gasteiger partial charge in [-0.25, -0.2) is 4.79 Å². The summed E-state index contributed by atoms with van der Waals surface area (Å²) >= 11 is 0. The summed E-state index contributed by atoms with van der Waals surface area (Å²) in [6.07, 6.45) is 0.251. The van der Waals surface area contributed by atoms with Crippen LogP contribution >= 0.6 is 0 Å². The first kappa shape index (κ1) is 19.0. The minimum absolute atomic E-state index is 0.189. The van der Waals surface area contributed by atoms with E-state index in [-0.39, 0.29) is 12.0 Å². The molecule has 2 aromatic carbocycles. The molecule has 0 radical (unpaired) electrons. The third-order valence-electron chi connectivity index (χ3n) is 3.78. The fourth-order valence-corrected chi connectivity index (χ4v) is 2.30. The number of carbonyl (C=O) groups is 3. The van der Waals surface area contributed by atoms with Crippen molar-refractivity contribution in [1.29, 1.82) is 0 Å². The topological polar surface area (TPSA) is 105 Å². The number of aliphatic carboxylic acids is 1. The Morgan fingerprint density at radius 2 is 1.69 bits per heavy atom. The van der Waals surface area contributed by atoms with Crippen LogP contribution < -0.4 is 15.4 Å². The van der Waals surface area contributed by atoms with Gasteiger partial charge in [0.1, 0.15) is 11.8 Å². The highest BCUT2D eigenvalue weighted by Gasteiger charge is 2.20. The molecule has 0 spiro atoms. The molecule has 0 aliphatic rings. The lowest BCUT2D eigenvalue weighted by Gasteiger charge is -2.15. The molecule has 2 aromatic rings. The highest BCUT2D eigenvalue weighted by Crippen LogP contribution is 2.18. The Morgan fingerprint density at radius 3 is 2.27 bits per heavy atom. The summed E-state index contributed by atoms with van der Waals surface area (Å²) in [6.45, 7) is 1.66. The van der Waals surface area contributed by atoms with Crippen molar-refractivity contribution in [3.05, 3.63) is 59.7 Å². The molecule has 0 fully saturated rings. The number of hydrogen-bond donors (Lipinski definition) is 3. The summed E-state index contributed by atoms with van der Waals surface area (Å²) in [5.74, 6) is -1.44. The van der Waals surface area contributed by atoms with Crippen molar-refractivity contribution in [3.8, 4) is 5.75 Å². The first-order valence-corrected chi connectivity index (χ1v) is 8.04. The molecule has 0 saturated heterocycles. The summed E-state index contributed by atoms with van der Waals surface area (Å²) < 4.78 is 5.05. The van der Waals surface area contributed by atoms with Crippen molar-refractivity contribution < 1.29 is 24.2 Å². The molecule has 1 unspecified atom stereocenters. The second kappa shape index (κ2) is 8.66. The van der Waals surface area contributed by atoms with Crippen LogP contribution in [0.5, 0.6) is 5.75 Å². The minimum atomic E-state index is -1.11. The molecule has 0 bridgehead atoms. The van der Waals surface area contributed by atoms with Crippen molar-refractivity contribution >= 4 is 23.5 Å². The zero-order valence-electron chi connectivity index (χ0n) is 14.5. The van der Waals surface area contributed by atoms with Crippen LogP contribution in [0, 0.1) is 0 Å². The smallest absolute Gasteiger partial charge is 0.326 e. The third-order valence-corrected chi connectivity index (χ3v) is 3.78. The molecule has 7 heteroatoms. The van der Waals surface area contributed by atoms with Gasteiger partial charge in [0, 0.05) is 5.56 Å². The Hall–Kier alpha value is -3.35. The van der Waals surface area contributed by atoms with Gasteiger partial charge < -0.3 is 20.5 Å². The lowest BCUT2D eigenvalue weighted by molar-refractivity contribution is -0.139. The lowest BCUT2D eigenvalue weighted by Crippen LogP contribution is -2.40. The third kappa shape index (κ3) is 4.60. The van der Waals surface area contributed by atoms with E-state index in [0.717, 1.165) is 0 Å². The molecule has 0 aliphatic carbocycles. The van der Waals surface area contributed by atoms with E-state index in [0.29, 0.717) is 17.0 Å². The van der Waals surface area contributed by atoms with Gasteiger partial charge in [0.2, 0.25) is 0 Å². The van der Waals surface area contributed by atoms with Crippen LogP contribution in [0.1, 0.15) is 34.1 Å². The summed E-state index contributed by atoms with van der Waals surface area (Å²) in [6, 6.07) is 12.0. The van der Waals surface area contributed by atoms with E-state index in [4.69, 9.17) is 9.84 Å². The van der Waals surface area contributed by atoms with Crippen molar-refractivity contribution in [3.63, 3.8) is 0 Å². The van der Waals surface area contributed by atoms with E-state index in [1.165, 1.54) is 13.2 Å².